The second-order valence-electron chi connectivity index (χ2n) is 6.43. The maximum atomic E-state index is 13.4. The van der Waals surface area contributed by atoms with Crippen molar-refractivity contribution in [1.82, 2.24) is 0 Å². The van der Waals surface area contributed by atoms with Crippen LogP contribution >= 0.6 is 0 Å². The zero-order valence-corrected chi connectivity index (χ0v) is 15.7. The summed E-state index contributed by atoms with van der Waals surface area (Å²) in [6.45, 7) is 0. The number of hydrogen-bond donors (Lipinski definition) is 0. The monoisotopic (exact) mass is 389 g/mol. The van der Waals surface area contributed by atoms with Gasteiger partial charge in [-0.05, 0) is 17.2 Å². The molecule has 3 aromatic rings. The van der Waals surface area contributed by atoms with Crippen LogP contribution in [0.2, 0.25) is 0 Å². The van der Waals surface area contributed by atoms with Crippen molar-refractivity contribution in [3.8, 4) is 0 Å². The van der Waals surface area contributed by atoms with Crippen LogP contribution in [0.3, 0.4) is 0 Å². The fourth-order valence-electron chi connectivity index (χ4n) is 3.39. The number of rotatable bonds is 7. The van der Waals surface area contributed by atoms with E-state index < -0.39 is 28.6 Å². The summed E-state index contributed by atoms with van der Waals surface area (Å²) in [5, 5.41) is 12.1. The highest BCUT2D eigenvalue weighted by Gasteiger charge is 2.42. The van der Waals surface area contributed by atoms with Crippen LogP contribution in [-0.4, -0.2) is 29.8 Å². The van der Waals surface area contributed by atoms with E-state index in [0.717, 1.165) is 0 Å². The van der Waals surface area contributed by atoms with E-state index >= 15 is 0 Å². The number of carbonyl (C=O) groups is 2. The van der Waals surface area contributed by atoms with Gasteiger partial charge in [-0.15, -0.1) is 0 Å². The van der Waals surface area contributed by atoms with Crippen molar-refractivity contribution in [2.24, 2.45) is 0 Å². The van der Waals surface area contributed by atoms with Gasteiger partial charge in [-0.25, -0.2) is 4.79 Å². The van der Waals surface area contributed by atoms with Crippen molar-refractivity contribution in [2.75, 3.05) is 7.11 Å². The first-order chi connectivity index (χ1) is 14.0. The van der Waals surface area contributed by atoms with E-state index in [1.807, 2.05) is 0 Å². The van der Waals surface area contributed by atoms with Crippen molar-refractivity contribution in [1.29, 1.82) is 0 Å². The van der Waals surface area contributed by atoms with Crippen LogP contribution in [0.5, 0.6) is 0 Å². The summed E-state index contributed by atoms with van der Waals surface area (Å²) in [5.74, 6) is -2.27. The quantitative estimate of drug-likeness (QED) is 0.262. The predicted molar refractivity (Wildman–Crippen MR) is 108 cm³/mol. The molecule has 0 fully saturated rings. The minimum absolute atomic E-state index is 0.00623. The van der Waals surface area contributed by atoms with Crippen molar-refractivity contribution >= 4 is 11.8 Å². The van der Waals surface area contributed by atoms with Gasteiger partial charge in [0.2, 0.25) is 5.78 Å². The first-order valence-electron chi connectivity index (χ1n) is 8.99. The molecule has 29 heavy (non-hydrogen) atoms. The molecule has 0 amide bonds. The van der Waals surface area contributed by atoms with E-state index in [4.69, 9.17) is 4.74 Å². The third-order valence-electron chi connectivity index (χ3n) is 4.73. The number of nitro groups is 1. The van der Waals surface area contributed by atoms with E-state index in [1.165, 1.54) is 19.2 Å². The molecule has 0 N–H and O–H groups in total. The average Bonchev–Trinajstić information content (AvgIpc) is 2.77. The largest absolute Gasteiger partial charge is 0.465 e. The summed E-state index contributed by atoms with van der Waals surface area (Å²) in [7, 11) is 1.20. The zero-order valence-electron chi connectivity index (χ0n) is 15.7. The summed E-state index contributed by atoms with van der Waals surface area (Å²) in [5.41, 5.74) is 1.26. The Morgan fingerprint density at radius 2 is 1.24 bits per heavy atom. The topological polar surface area (TPSA) is 86.5 Å². The van der Waals surface area contributed by atoms with Gasteiger partial charge in [-0.2, -0.15) is 0 Å². The Bertz CT molecular complexity index is 978. The van der Waals surface area contributed by atoms with Crippen LogP contribution in [0.15, 0.2) is 84.9 Å². The van der Waals surface area contributed by atoms with Crippen molar-refractivity contribution < 1.29 is 19.2 Å². The van der Waals surface area contributed by atoms with Gasteiger partial charge >= 0.3 is 5.97 Å². The molecule has 0 aromatic heterocycles. The lowest BCUT2D eigenvalue weighted by atomic mass is 9.81. The number of esters is 1. The van der Waals surface area contributed by atoms with Gasteiger partial charge in [0.25, 0.3) is 6.04 Å². The van der Waals surface area contributed by atoms with E-state index in [2.05, 4.69) is 0 Å². The lowest BCUT2D eigenvalue weighted by Crippen LogP contribution is -2.37. The van der Waals surface area contributed by atoms with Gasteiger partial charge in [-0.1, -0.05) is 78.9 Å². The number of methoxy groups -OCH3 is 1. The molecule has 0 radical (unpaired) electrons. The summed E-state index contributed by atoms with van der Waals surface area (Å²) >= 11 is 0. The lowest BCUT2D eigenvalue weighted by molar-refractivity contribution is -0.507. The van der Waals surface area contributed by atoms with Crippen LogP contribution in [-0.2, 0) is 4.74 Å². The highest BCUT2D eigenvalue weighted by molar-refractivity contribution is 6.08. The molecule has 6 heteroatoms. The third kappa shape index (κ3) is 4.21. The van der Waals surface area contributed by atoms with E-state index in [-0.39, 0.29) is 11.1 Å². The Hall–Kier alpha value is -3.80. The molecule has 0 spiro atoms. The molecule has 6 nitrogen and oxygen atoms in total. The Kier molecular flexibility index (Phi) is 6.14. The van der Waals surface area contributed by atoms with Crippen LogP contribution in [0.25, 0.3) is 0 Å². The highest BCUT2D eigenvalue weighted by Crippen LogP contribution is 2.32. The summed E-state index contributed by atoms with van der Waals surface area (Å²) in [6, 6.07) is 22.1. The van der Waals surface area contributed by atoms with Gasteiger partial charge in [0.15, 0.2) is 0 Å². The molecule has 0 unspecified atom stereocenters. The number of carbonyl (C=O) groups excluding carboxylic acids is 2. The number of hydrogen-bond acceptors (Lipinski definition) is 5. The van der Waals surface area contributed by atoms with E-state index in [1.54, 1.807) is 72.8 Å². The average molecular weight is 389 g/mol. The van der Waals surface area contributed by atoms with Crippen molar-refractivity contribution in [3.63, 3.8) is 0 Å². The molecule has 0 aliphatic carbocycles. The molecule has 1 atom stereocenters. The smallest absolute Gasteiger partial charge is 0.338 e. The Morgan fingerprint density at radius 1 is 0.793 bits per heavy atom. The molecular weight excluding hydrogens is 370 g/mol. The second-order valence-corrected chi connectivity index (χ2v) is 6.43. The van der Waals surface area contributed by atoms with Crippen molar-refractivity contribution in [2.45, 2.75) is 12.0 Å². The SMILES string of the molecule is COC(=O)c1ccccc1C(=O)[C@H](C(c1ccccc1)c1ccccc1)[N+](=O)[O-]. The highest BCUT2D eigenvalue weighted by atomic mass is 16.6. The maximum Gasteiger partial charge on any atom is 0.338 e. The molecule has 0 saturated carbocycles. The molecule has 0 heterocycles. The van der Waals surface area contributed by atoms with Crippen LogP contribution in [0.4, 0.5) is 0 Å². The second kappa shape index (κ2) is 8.93. The van der Waals surface area contributed by atoms with Gasteiger partial charge in [0, 0.05) is 10.5 Å². The lowest BCUT2D eigenvalue weighted by Gasteiger charge is -2.22. The summed E-state index contributed by atoms with van der Waals surface area (Å²) < 4.78 is 4.74. The fourth-order valence-corrected chi connectivity index (χ4v) is 3.39. The molecule has 146 valence electrons. The van der Waals surface area contributed by atoms with Crippen LogP contribution in [0.1, 0.15) is 37.8 Å². The summed E-state index contributed by atoms with van der Waals surface area (Å²) in [6.07, 6.45) is 0. The molecular formula is C23H19NO5. The minimum Gasteiger partial charge on any atom is -0.465 e. The number of nitrogens with zero attached hydrogens (tertiary/aromatic N) is 1. The zero-order chi connectivity index (χ0) is 20.8. The molecule has 3 aromatic carbocycles. The first-order valence-corrected chi connectivity index (χ1v) is 8.99. The standard InChI is InChI=1S/C23H19NO5/c1-29-23(26)19-15-9-8-14-18(19)22(25)21(24(27)28)20(16-10-4-2-5-11-16)17-12-6-3-7-13-17/h2-15,20-21H,1H3/t21-/m0/s1. The molecule has 0 bridgehead atoms. The van der Waals surface area contributed by atoms with Crippen LogP contribution < -0.4 is 0 Å². The maximum absolute atomic E-state index is 13.4. The van der Waals surface area contributed by atoms with Gasteiger partial charge < -0.3 is 4.74 Å². The minimum atomic E-state index is -1.61. The number of Topliss-reactive ketones (excluding diaryl/α,β-unsaturated/α-hetero) is 1. The molecule has 0 aliphatic rings. The molecule has 3 rings (SSSR count). The molecule has 0 saturated heterocycles. The predicted octanol–water partition coefficient (Wildman–Crippen LogP) is 4.13. The van der Waals surface area contributed by atoms with E-state index in [0.29, 0.717) is 11.1 Å². The van der Waals surface area contributed by atoms with Gasteiger partial charge in [-0.3, -0.25) is 14.9 Å². The van der Waals surface area contributed by atoms with Crippen molar-refractivity contribution in [3.05, 3.63) is 117 Å². The Morgan fingerprint density at radius 3 is 1.69 bits per heavy atom. The Labute approximate surface area is 167 Å². The normalized spacial score (nSPS) is 11.7. The third-order valence-corrected chi connectivity index (χ3v) is 4.73. The first kappa shape index (κ1) is 19.9. The van der Waals surface area contributed by atoms with Gasteiger partial charge in [0.05, 0.1) is 18.6 Å². The van der Waals surface area contributed by atoms with Gasteiger partial charge in [0.1, 0.15) is 0 Å². The number of ether oxygens (including phenoxy) is 1. The summed E-state index contributed by atoms with van der Waals surface area (Å²) in [4.78, 5) is 37.0. The Balaban J connectivity index is 2.16. The fraction of sp³-hybridized carbons (Fsp3) is 0.130. The number of benzene rings is 3. The number of ketones is 1. The van der Waals surface area contributed by atoms with E-state index in [9.17, 15) is 19.7 Å². The van der Waals surface area contributed by atoms with Crippen LogP contribution in [0, 0.1) is 10.1 Å². The molecule has 0 aliphatic heterocycles.